The van der Waals surface area contributed by atoms with Crippen LogP contribution >= 0.6 is 0 Å². The van der Waals surface area contributed by atoms with Crippen molar-refractivity contribution in [3.63, 3.8) is 0 Å². The van der Waals surface area contributed by atoms with Crippen molar-refractivity contribution in [1.82, 2.24) is 10.2 Å². The number of carbonyl (C=O) groups excluding carboxylic acids is 1. The maximum absolute atomic E-state index is 11.8. The molecule has 0 aromatic carbocycles. The molecule has 2 atom stereocenters. The normalized spacial score (nSPS) is 28.7. The fourth-order valence-electron chi connectivity index (χ4n) is 2.84. The highest BCUT2D eigenvalue weighted by Gasteiger charge is 2.35. The summed E-state index contributed by atoms with van der Waals surface area (Å²) in [5.74, 6) is 0. The van der Waals surface area contributed by atoms with Gasteiger partial charge < -0.3 is 20.1 Å². The van der Waals surface area contributed by atoms with Gasteiger partial charge in [-0.25, -0.2) is 4.79 Å². The van der Waals surface area contributed by atoms with Gasteiger partial charge in [0.05, 0.1) is 6.10 Å². The Hall–Kier alpha value is -0.810. The molecule has 0 spiro atoms. The molecule has 116 valence electrons. The summed E-state index contributed by atoms with van der Waals surface area (Å²) in [6.45, 7) is 6.99. The minimum atomic E-state index is -0.437. The third-order valence-electron chi connectivity index (χ3n) is 3.96. The van der Waals surface area contributed by atoms with Gasteiger partial charge in [0.1, 0.15) is 5.60 Å². The van der Waals surface area contributed by atoms with E-state index in [2.05, 4.69) is 5.32 Å². The zero-order valence-corrected chi connectivity index (χ0v) is 12.9. The number of amides is 1. The molecule has 2 unspecified atom stereocenters. The highest BCUT2D eigenvalue weighted by atomic mass is 16.6. The number of ether oxygens (including phenoxy) is 1. The van der Waals surface area contributed by atoms with Crippen LogP contribution in [0.4, 0.5) is 4.79 Å². The first-order chi connectivity index (χ1) is 9.35. The molecule has 20 heavy (non-hydrogen) atoms. The van der Waals surface area contributed by atoms with Crippen LogP contribution in [0.15, 0.2) is 0 Å². The highest BCUT2D eigenvalue weighted by Crippen LogP contribution is 2.21. The first-order valence-corrected chi connectivity index (χ1v) is 7.77. The number of nitrogens with zero attached hydrogens (tertiary/aromatic N) is 1. The van der Waals surface area contributed by atoms with Crippen molar-refractivity contribution in [3.8, 4) is 0 Å². The van der Waals surface area contributed by atoms with Gasteiger partial charge in [-0.05, 0) is 33.6 Å². The minimum Gasteiger partial charge on any atom is -0.444 e. The quantitative estimate of drug-likeness (QED) is 0.760. The van der Waals surface area contributed by atoms with Gasteiger partial charge in [0.2, 0.25) is 0 Å². The fraction of sp³-hybridized carbons (Fsp3) is 0.933. The predicted molar refractivity (Wildman–Crippen MR) is 77.6 cm³/mol. The molecule has 2 N–H and O–H groups in total. The lowest BCUT2D eigenvalue weighted by Crippen LogP contribution is -2.63. The third kappa shape index (κ3) is 4.35. The number of rotatable bonds is 2. The van der Waals surface area contributed by atoms with Gasteiger partial charge >= 0.3 is 6.09 Å². The van der Waals surface area contributed by atoms with Crippen LogP contribution in [0.2, 0.25) is 0 Å². The van der Waals surface area contributed by atoms with Crippen LogP contribution in [0.5, 0.6) is 0 Å². The van der Waals surface area contributed by atoms with Crippen molar-refractivity contribution in [2.45, 2.75) is 76.7 Å². The molecular weight excluding hydrogens is 256 g/mol. The summed E-state index contributed by atoms with van der Waals surface area (Å²) in [6.07, 6.45) is 4.95. The van der Waals surface area contributed by atoms with E-state index in [-0.39, 0.29) is 18.2 Å². The summed E-state index contributed by atoms with van der Waals surface area (Å²) in [6, 6.07) is 0.476. The Labute approximate surface area is 121 Å². The van der Waals surface area contributed by atoms with Crippen molar-refractivity contribution in [1.29, 1.82) is 0 Å². The second-order valence-corrected chi connectivity index (χ2v) is 7.06. The number of aliphatic hydroxyl groups is 1. The lowest BCUT2D eigenvalue weighted by atomic mass is 10.0. The van der Waals surface area contributed by atoms with Crippen LogP contribution in [0.3, 0.4) is 0 Å². The molecule has 1 aliphatic heterocycles. The van der Waals surface area contributed by atoms with Crippen LogP contribution in [-0.4, -0.2) is 53.0 Å². The molecule has 5 nitrogen and oxygen atoms in total. The van der Waals surface area contributed by atoms with Crippen LogP contribution in [0.25, 0.3) is 0 Å². The Kier molecular flexibility index (Phi) is 4.91. The molecule has 1 aliphatic carbocycles. The van der Waals surface area contributed by atoms with E-state index in [1.807, 2.05) is 20.8 Å². The molecule has 2 aliphatic rings. The number of hydrogen-bond acceptors (Lipinski definition) is 4. The topological polar surface area (TPSA) is 61.8 Å². The SMILES string of the molecule is CC(C)(C)OC(=O)N1CC(NC2CCCCCC2O)C1. The number of nitrogens with one attached hydrogen (secondary N) is 1. The zero-order chi connectivity index (χ0) is 14.8. The summed E-state index contributed by atoms with van der Waals surface area (Å²) in [7, 11) is 0. The van der Waals surface area contributed by atoms with Gasteiger partial charge in [-0.2, -0.15) is 0 Å². The minimum absolute atomic E-state index is 0.184. The second kappa shape index (κ2) is 6.31. The van der Waals surface area contributed by atoms with Crippen LogP contribution in [-0.2, 0) is 4.74 Å². The Balaban J connectivity index is 1.72. The first-order valence-electron chi connectivity index (χ1n) is 7.77. The molecular formula is C15H28N2O3. The average Bonchev–Trinajstić information content (AvgIpc) is 2.45. The molecule has 2 rings (SSSR count). The van der Waals surface area contributed by atoms with Crippen molar-refractivity contribution >= 4 is 6.09 Å². The van der Waals surface area contributed by atoms with E-state index >= 15 is 0 Å². The van der Waals surface area contributed by atoms with E-state index < -0.39 is 5.60 Å². The summed E-state index contributed by atoms with van der Waals surface area (Å²) in [5.41, 5.74) is -0.437. The Morgan fingerprint density at radius 2 is 1.85 bits per heavy atom. The standard InChI is InChI=1S/C15H28N2O3/c1-15(2,3)20-14(19)17-9-11(10-17)16-12-7-5-4-6-8-13(12)18/h11-13,16,18H,4-10H2,1-3H3. The number of aliphatic hydroxyl groups excluding tert-OH is 1. The Bertz CT molecular complexity index is 335. The first kappa shape index (κ1) is 15.6. The molecule has 5 heteroatoms. The van der Waals surface area contributed by atoms with Crippen molar-refractivity contribution in [2.75, 3.05) is 13.1 Å². The second-order valence-electron chi connectivity index (χ2n) is 7.06. The fourth-order valence-corrected chi connectivity index (χ4v) is 2.84. The lowest BCUT2D eigenvalue weighted by Gasteiger charge is -2.42. The van der Waals surface area contributed by atoms with Crippen LogP contribution in [0, 0.1) is 0 Å². The summed E-state index contributed by atoms with van der Waals surface area (Å²) in [4.78, 5) is 13.5. The van der Waals surface area contributed by atoms with E-state index in [1.165, 1.54) is 12.8 Å². The van der Waals surface area contributed by atoms with E-state index in [0.717, 1.165) is 19.3 Å². The number of carbonyl (C=O) groups is 1. The van der Waals surface area contributed by atoms with E-state index in [1.54, 1.807) is 4.90 Å². The molecule has 1 amide bonds. The number of likely N-dealkylation sites (tertiary alicyclic amines) is 1. The van der Waals surface area contributed by atoms with E-state index in [4.69, 9.17) is 4.74 Å². The Morgan fingerprint density at radius 1 is 1.20 bits per heavy atom. The van der Waals surface area contributed by atoms with Crippen LogP contribution < -0.4 is 5.32 Å². The van der Waals surface area contributed by atoms with Gasteiger partial charge in [-0.15, -0.1) is 0 Å². The average molecular weight is 284 g/mol. The summed E-state index contributed by atoms with van der Waals surface area (Å²) >= 11 is 0. The van der Waals surface area contributed by atoms with Crippen LogP contribution in [0.1, 0.15) is 52.9 Å². The molecule has 0 aromatic heterocycles. The summed E-state index contributed by atoms with van der Waals surface area (Å²) in [5, 5.41) is 13.6. The zero-order valence-electron chi connectivity index (χ0n) is 12.9. The molecule has 1 saturated heterocycles. The van der Waals surface area contributed by atoms with Gasteiger partial charge in [-0.3, -0.25) is 0 Å². The smallest absolute Gasteiger partial charge is 0.410 e. The van der Waals surface area contributed by atoms with Crippen molar-refractivity contribution in [3.05, 3.63) is 0 Å². The molecule has 2 fully saturated rings. The van der Waals surface area contributed by atoms with E-state index in [9.17, 15) is 9.90 Å². The third-order valence-corrected chi connectivity index (χ3v) is 3.96. The summed E-state index contributed by atoms with van der Waals surface area (Å²) < 4.78 is 5.33. The maximum Gasteiger partial charge on any atom is 0.410 e. The Morgan fingerprint density at radius 3 is 2.50 bits per heavy atom. The number of hydrogen-bond donors (Lipinski definition) is 2. The predicted octanol–water partition coefficient (Wildman–Crippen LogP) is 1.89. The maximum atomic E-state index is 11.8. The molecule has 0 bridgehead atoms. The van der Waals surface area contributed by atoms with Gasteiger partial charge in [-0.1, -0.05) is 19.3 Å². The monoisotopic (exact) mass is 284 g/mol. The van der Waals surface area contributed by atoms with Crippen molar-refractivity contribution in [2.24, 2.45) is 0 Å². The lowest BCUT2D eigenvalue weighted by molar-refractivity contribution is 0.00106. The molecule has 1 heterocycles. The van der Waals surface area contributed by atoms with Gasteiger partial charge in [0.25, 0.3) is 0 Å². The highest BCUT2D eigenvalue weighted by molar-refractivity contribution is 5.69. The molecule has 0 radical (unpaired) electrons. The van der Waals surface area contributed by atoms with Gasteiger partial charge in [0.15, 0.2) is 0 Å². The molecule has 0 aromatic rings. The van der Waals surface area contributed by atoms with Crippen molar-refractivity contribution < 1.29 is 14.6 Å². The largest absolute Gasteiger partial charge is 0.444 e. The molecule has 1 saturated carbocycles. The van der Waals surface area contributed by atoms with Gasteiger partial charge in [0, 0.05) is 25.2 Å². The van der Waals surface area contributed by atoms with E-state index in [0.29, 0.717) is 19.1 Å².